The molecule has 1 aliphatic rings. The van der Waals surface area contributed by atoms with Gasteiger partial charge in [-0.2, -0.15) is 0 Å². The van der Waals surface area contributed by atoms with Gasteiger partial charge >= 0.3 is 0 Å². The number of hydrogen-bond acceptors (Lipinski definition) is 4. The van der Waals surface area contributed by atoms with E-state index in [-0.39, 0.29) is 24.5 Å². The number of nitrogens with one attached hydrogen (secondary N) is 3. The number of benzene rings is 2. The van der Waals surface area contributed by atoms with Gasteiger partial charge in [-0.1, -0.05) is 29.8 Å². The highest BCUT2D eigenvalue weighted by molar-refractivity contribution is 6.31. The fraction of sp³-hybridized carbons (Fsp3) is 0.333. The Balaban J connectivity index is 1.41. The molecule has 2 aromatic carbocycles. The summed E-state index contributed by atoms with van der Waals surface area (Å²) in [5.41, 5.74) is 2.13. The maximum absolute atomic E-state index is 12.2. The summed E-state index contributed by atoms with van der Waals surface area (Å²) < 4.78 is 5.49. The number of hydrogen-bond donors (Lipinski definition) is 3. The van der Waals surface area contributed by atoms with Crippen LogP contribution in [0.3, 0.4) is 0 Å². The van der Waals surface area contributed by atoms with E-state index in [1.165, 1.54) is 0 Å². The fourth-order valence-corrected chi connectivity index (χ4v) is 3.18. The van der Waals surface area contributed by atoms with Crippen LogP contribution in [0.5, 0.6) is 0 Å². The van der Waals surface area contributed by atoms with E-state index in [9.17, 15) is 9.59 Å². The SMILES string of the molecule is O=C(CNCc1ccccc1Cl)Nc1ccc(C(=O)NCC2CCCO2)cc1. The van der Waals surface area contributed by atoms with Crippen LogP contribution in [0.4, 0.5) is 5.69 Å². The Kier molecular flexibility index (Phi) is 7.42. The lowest BCUT2D eigenvalue weighted by Gasteiger charge is -2.11. The number of rotatable bonds is 8. The molecule has 1 fully saturated rings. The summed E-state index contributed by atoms with van der Waals surface area (Å²) in [7, 11) is 0. The first-order valence-electron chi connectivity index (χ1n) is 9.35. The highest BCUT2D eigenvalue weighted by Gasteiger charge is 2.16. The van der Waals surface area contributed by atoms with Crippen LogP contribution in [0.1, 0.15) is 28.8 Å². The molecule has 1 saturated heterocycles. The molecule has 28 heavy (non-hydrogen) atoms. The maximum Gasteiger partial charge on any atom is 0.251 e. The Morgan fingerprint density at radius 2 is 1.89 bits per heavy atom. The van der Waals surface area contributed by atoms with Gasteiger partial charge in [-0.15, -0.1) is 0 Å². The lowest BCUT2D eigenvalue weighted by Crippen LogP contribution is -2.31. The summed E-state index contributed by atoms with van der Waals surface area (Å²) in [6.07, 6.45) is 2.14. The molecule has 3 N–H and O–H groups in total. The number of halogens is 1. The van der Waals surface area contributed by atoms with Crippen molar-refractivity contribution in [2.45, 2.75) is 25.5 Å². The topological polar surface area (TPSA) is 79.5 Å². The van der Waals surface area contributed by atoms with Gasteiger partial charge in [-0.3, -0.25) is 9.59 Å². The number of carbonyl (C=O) groups is 2. The van der Waals surface area contributed by atoms with Crippen LogP contribution in [0.15, 0.2) is 48.5 Å². The number of amides is 2. The van der Waals surface area contributed by atoms with Gasteiger partial charge in [0.25, 0.3) is 5.91 Å². The van der Waals surface area contributed by atoms with E-state index in [2.05, 4.69) is 16.0 Å². The summed E-state index contributed by atoms with van der Waals surface area (Å²) in [6.45, 7) is 1.96. The molecule has 0 spiro atoms. The Morgan fingerprint density at radius 3 is 2.61 bits per heavy atom. The first-order chi connectivity index (χ1) is 13.6. The molecule has 148 valence electrons. The van der Waals surface area contributed by atoms with E-state index in [1.807, 2.05) is 24.3 Å². The molecule has 0 aliphatic carbocycles. The van der Waals surface area contributed by atoms with Crippen molar-refractivity contribution in [3.05, 3.63) is 64.7 Å². The quantitative estimate of drug-likeness (QED) is 0.635. The van der Waals surface area contributed by atoms with E-state index in [0.717, 1.165) is 25.0 Å². The highest BCUT2D eigenvalue weighted by atomic mass is 35.5. The molecule has 2 aromatic rings. The third kappa shape index (κ3) is 6.05. The monoisotopic (exact) mass is 401 g/mol. The summed E-state index contributed by atoms with van der Waals surface area (Å²) in [5, 5.41) is 9.41. The minimum Gasteiger partial charge on any atom is -0.376 e. The van der Waals surface area contributed by atoms with Gasteiger partial charge in [-0.05, 0) is 48.7 Å². The van der Waals surface area contributed by atoms with Crippen molar-refractivity contribution in [2.24, 2.45) is 0 Å². The second-order valence-electron chi connectivity index (χ2n) is 6.67. The lowest BCUT2D eigenvalue weighted by molar-refractivity contribution is -0.115. The normalized spacial score (nSPS) is 16.0. The summed E-state index contributed by atoms with van der Waals surface area (Å²) >= 11 is 6.09. The molecule has 1 unspecified atom stereocenters. The molecular formula is C21H24ClN3O3. The van der Waals surface area contributed by atoms with Crippen molar-refractivity contribution in [3.8, 4) is 0 Å². The Labute approximate surface area is 169 Å². The smallest absolute Gasteiger partial charge is 0.251 e. The van der Waals surface area contributed by atoms with Crippen LogP contribution >= 0.6 is 11.6 Å². The van der Waals surface area contributed by atoms with Gasteiger partial charge in [0.2, 0.25) is 5.91 Å². The lowest BCUT2D eigenvalue weighted by atomic mass is 10.2. The van der Waals surface area contributed by atoms with Crippen molar-refractivity contribution in [1.29, 1.82) is 0 Å². The average molecular weight is 402 g/mol. The van der Waals surface area contributed by atoms with Crippen molar-refractivity contribution in [2.75, 3.05) is 25.0 Å². The Morgan fingerprint density at radius 1 is 1.11 bits per heavy atom. The van der Waals surface area contributed by atoms with Crippen LogP contribution in [0.2, 0.25) is 5.02 Å². The molecule has 0 saturated carbocycles. The molecule has 0 aromatic heterocycles. The van der Waals surface area contributed by atoms with Crippen molar-refractivity contribution in [3.63, 3.8) is 0 Å². The predicted molar refractivity (Wildman–Crippen MR) is 110 cm³/mol. The zero-order valence-corrected chi connectivity index (χ0v) is 16.3. The van der Waals surface area contributed by atoms with Crippen LogP contribution < -0.4 is 16.0 Å². The third-order valence-electron chi connectivity index (χ3n) is 4.50. The van der Waals surface area contributed by atoms with Crippen LogP contribution in [0, 0.1) is 0 Å². The molecule has 1 atom stereocenters. The van der Waals surface area contributed by atoms with Gasteiger partial charge in [-0.25, -0.2) is 0 Å². The van der Waals surface area contributed by atoms with E-state index >= 15 is 0 Å². The maximum atomic E-state index is 12.2. The van der Waals surface area contributed by atoms with Gasteiger partial charge in [0.05, 0.1) is 12.6 Å². The summed E-state index contributed by atoms with van der Waals surface area (Å²) in [4.78, 5) is 24.2. The molecule has 1 heterocycles. The Bertz CT molecular complexity index is 805. The van der Waals surface area contributed by atoms with Gasteiger partial charge in [0, 0.05) is 36.0 Å². The standard InChI is InChI=1S/C21H24ClN3O3/c22-19-6-2-1-4-16(19)12-23-14-20(26)25-17-9-7-15(8-10-17)21(27)24-13-18-5-3-11-28-18/h1-2,4,6-10,18,23H,3,5,11-14H2,(H,24,27)(H,25,26). The zero-order valence-electron chi connectivity index (χ0n) is 15.5. The number of anilines is 1. The molecule has 6 nitrogen and oxygen atoms in total. The molecular weight excluding hydrogens is 378 g/mol. The highest BCUT2D eigenvalue weighted by Crippen LogP contribution is 2.14. The molecule has 7 heteroatoms. The fourth-order valence-electron chi connectivity index (χ4n) is 2.98. The third-order valence-corrected chi connectivity index (χ3v) is 4.87. The Hall–Kier alpha value is -2.41. The van der Waals surface area contributed by atoms with Crippen molar-refractivity contribution < 1.29 is 14.3 Å². The largest absolute Gasteiger partial charge is 0.376 e. The summed E-state index contributed by atoms with van der Waals surface area (Å²) in [5.74, 6) is -0.308. The number of carbonyl (C=O) groups excluding carboxylic acids is 2. The van der Waals surface area contributed by atoms with Gasteiger partial charge in [0.1, 0.15) is 0 Å². The van der Waals surface area contributed by atoms with E-state index in [1.54, 1.807) is 24.3 Å². The predicted octanol–water partition coefficient (Wildman–Crippen LogP) is 2.98. The van der Waals surface area contributed by atoms with E-state index < -0.39 is 0 Å². The zero-order chi connectivity index (χ0) is 19.8. The van der Waals surface area contributed by atoms with Crippen LogP contribution in [0.25, 0.3) is 0 Å². The first kappa shape index (κ1) is 20.3. The number of ether oxygens (including phenoxy) is 1. The van der Waals surface area contributed by atoms with Crippen molar-refractivity contribution in [1.82, 2.24) is 10.6 Å². The molecule has 0 bridgehead atoms. The first-order valence-corrected chi connectivity index (χ1v) is 9.73. The molecule has 3 rings (SSSR count). The molecule has 2 amide bonds. The van der Waals surface area contributed by atoms with Crippen LogP contribution in [-0.2, 0) is 16.1 Å². The average Bonchev–Trinajstić information content (AvgIpc) is 3.22. The molecule has 0 radical (unpaired) electrons. The second-order valence-corrected chi connectivity index (χ2v) is 7.07. The van der Waals surface area contributed by atoms with Crippen molar-refractivity contribution >= 4 is 29.1 Å². The minimum atomic E-state index is -0.164. The van der Waals surface area contributed by atoms with Gasteiger partial charge < -0.3 is 20.7 Å². The molecule has 1 aliphatic heterocycles. The summed E-state index contributed by atoms with van der Waals surface area (Å²) in [6, 6.07) is 14.3. The van der Waals surface area contributed by atoms with E-state index in [4.69, 9.17) is 16.3 Å². The minimum absolute atomic E-state index is 0.112. The van der Waals surface area contributed by atoms with E-state index in [0.29, 0.717) is 29.4 Å². The van der Waals surface area contributed by atoms with Gasteiger partial charge in [0.15, 0.2) is 0 Å². The van der Waals surface area contributed by atoms with Crippen LogP contribution in [-0.4, -0.2) is 37.6 Å². The second kappa shape index (κ2) is 10.2.